The molecular weight excluding hydrogens is 292 g/mol. The third-order valence-electron chi connectivity index (χ3n) is 3.97. The third-order valence-corrected chi connectivity index (χ3v) is 3.97. The molecule has 0 spiro atoms. The van der Waals surface area contributed by atoms with E-state index in [0.717, 1.165) is 0 Å². The standard InChI is InChI=1S/C19H28O4/c1-13(10-16(21)23-17(3,4)5)8-9-19(22)14(2)11-15(20)12-18(19,6)7/h8-11,22H,12H2,1-7H3/b9-8+,13-10-. The molecule has 1 unspecified atom stereocenters. The number of hydrogen-bond acceptors (Lipinski definition) is 4. The zero-order valence-electron chi connectivity index (χ0n) is 15.2. The molecule has 0 aromatic carbocycles. The van der Waals surface area contributed by atoms with Gasteiger partial charge in [-0.05, 0) is 57.9 Å². The van der Waals surface area contributed by atoms with Gasteiger partial charge in [-0.2, -0.15) is 0 Å². The van der Waals surface area contributed by atoms with Crippen molar-refractivity contribution in [3.05, 3.63) is 35.5 Å². The highest BCUT2D eigenvalue weighted by Crippen LogP contribution is 2.44. The minimum Gasteiger partial charge on any atom is -0.457 e. The maximum absolute atomic E-state index is 11.8. The number of aliphatic hydroxyl groups is 1. The number of ether oxygens (including phenoxy) is 1. The van der Waals surface area contributed by atoms with E-state index >= 15 is 0 Å². The van der Waals surface area contributed by atoms with E-state index in [2.05, 4.69) is 0 Å². The summed E-state index contributed by atoms with van der Waals surface area (Å²) in [7, 11) is 0. The molecule has 0 fully saturated rings. The SMILES string of the molecule is CC1=CC(=O)CC(C)(C)C1(O)/C=C/C(C)=C\C(=O)OC(C)(C)C. The van der Waals surface area contributed by atoms with Gasteiger partial charge in [0.15, 0.2) is 5.78 Å². The number of carbonyl (C=O) groups excluding carboxylic acids is 2. The first-order valence-electron chi connectivity index (χ1n) is 7.81. The van der Waals surface area contributed by atoms with Crippen LogP contribution in [0.25, 0.3) is 0 Å². The minimum atomic E-state index is -1.22. The van der Waals surface area contributed by atoms with Crippen molar-refractivity contribution in [2.75, 3.05) is 0 Å². The topological polar surface area (TPSA) is 63.6 Å². The Balaban J connectivity index is 3.00. The van der Waals surface area contributed by atoms with Crippen LogP contribution in [0.5, 0.6) is 0 Å². The van der Waals surface area contributed by atoms with Crippen LogP contribution in [0.1, 0.15) is 54.9 Å². The average molecular weight is 320 g/mol. The fourth-order valence-electron chi connectivity index (χ4n) is 2.68. The van der Waals surface area contributed by atoms with Gasteiger partial charge in [-0.3, -0.25) is 4.79 Å². The molecule has 0 aliphatic heterocycles. The smallest absolute Gasteiger partial charge is 0.331 e. The Kier molecular flexibility index (Phi) is 5.42. The van der Waals surface area contributed by atoms with E-state index < -0.39 is 22.6 Å². The molecule has 1 aliphatic carbocycles. The molecule has 0 aromatic rings. The molecule has 1 N–H and O–H groups in total. The second-order valence-electron chi connectivity index (χ2n) is 7.88. The van der Waals surface area contributed by atoms with Gasteiger partial charge in [-0.25, -0.2) is 4.79 Å². The molecule has 1 rings (SSSR count). The molecule has 1 aliphatic rings. The first-order chi connectivity index (χ1) is 10.3. The van der Waals surface area contributed by atoms with Crippen molar-refractivity contribution in [1.82, 2.24) is 0 Å². The normalized spacial score (nSPS) is 25.5. The van der Waals surface area contributed by atoms with E-state index in [1.807, 2.05) is 34.6 Å². The van der Waals surface area contributed by atoms with Crippen LogP contribution in [0.4, 0.5) is 0 Å². The van der Waals surface area contributed by atoms with Gasteiger partial charge in [0.1, 0.15) is 11.2 Å². The Hall–Kier alpha value is -1.68. The lowest BCUT2D eigenvalue weighted by atomic mass is 9.64. The maximum Gasteiger partial charge on any atom is 0.331 e. The van der Waals surface area contributed by atoms with Gasteiger partial charge in [0.2, 0.25) is 0 Å². The molecule has 0 saturated heterocycles. The van der Waals surface area contributed by atoms with Gasteiger partial charge in [0.05, 0.1) is 0 Å². The largest absolute Gasteiger partial charge is 0.457 e. The van der Waals surface area contributed by atoms with E-state index in [4.69, 9.17) is 4.74 Å². The predicted octanol–water partition coefficient (Wildman–Crippen LogP) is 3.51. The minimum absolute atomic E-state index is 0.0200. The van der Waals surface area contributed by atoms with Crippen molar-refractivity contribution >= 4 is 11.8 Å². The molecule has 0 aromatic heterocycles. The van der Waals surface area contributed by atoms with Crippen LogP contribution in [0, 0.1) is 5.41 Å². The van der Waals surface area contributed by atoms with Crippen LogP contribution < -0.4 is 0 Å². The van der Waals surface area contributed by atoms with Gasteiger partial charge in [0.25, 0.3) is 0 Å². The lowest BCUT2D eigenvalue weighted by Crippen LogP contribution is -2.48. The highest BCUT2D eigenvalue weighted by Gasteiger charge is 2.46. The molecule has 0 amide bonds. The number of allylic oxidation sites excluding steroid dienone is 3. The number of hydrogen-bond donors (Lipinski definition) is 1. The van der Waals surface area contributed by atoms with E-state index in [9.17, 15) is 14.7 Å². The summed E-state index contributed by atoms with van der Waals surface area (Å²) in [6, 6.07) is 0. The molecule has 23 heavy (non-hydrogen) atoms. The third kappa shape index (κ3) is 4.90. The summed E-state index contributed by atoms with van der Waals surface area (Å²) in [6.07, 6.45) is 6.51. The van der Waals surface area contributed by atoms with Crippen molar-refractivity contribution in [2.45, 2.75) is 66.1 Å². The highest BCUT2D eigenvalue weighted by molar-refractivity contribution is 5.92. The quantitative estimate of drug-likeness (QED) is 0.491. The number of ketones is 1. The van der Waals surface area contributed by atoms with E-state index in [1.54, 1.807) is 26.0 Å². The maximum atomic E-state index is 11.8. The summed E-state index contributed by atoms with van der Waals surface area (Å²) in [5.41, 5.74) is -1.08. The Morgan fingerprint density at radius 2 is 1.91 bits per heavy atom. The van der Waals surface area contributed by atoms with E-state index in [-0.39, 0.29) is 12.2 Å². The molecular formula is C19H28O4. The molecule has 0 bridgehead atoms. The van der Waals surface area contributed by atoms with Gasteiger partial charge >= 0.3 is 5.97 Å². The molecule has 0 radical (unpaired) electrons. The Morgan fingerprint density at radius 3 is 2.39 bits per heavy atom. The van der Waals surface area contributed by atoms with E-state index in [0.29, 0.717) is 11.1 Å². The van der Waals surface area contributed by atoms with Crippen LogP contribution in [0.15, 0.2) is 35.5 Å². The zero-order valence-corrected chi connectivity index (χ0v) is 15.2. The molecule has 4 nitrogen and oxygen atoms in total. The number of carbonyl (C=O) groups is 2. The lowest BCUT2D eigenvalue weighted by molar-refractivity contribution is -0.148. The number of esters is 1. The fraction of sp³-hybridized carbons (Fsp3) is 0.579. The van der Waals surface area contributed by atoms with Crippen molar-refractivity contribution in [1.29, 1.82) is 0 Å². The van der Waals surface area contributed by atoms with E-state index in [1.165, 1.54) is 12.2 Å². The summed E-state index contributed by atoms with van der Waals surface area (Å²) in [4.78, 5) is 23.5. The molecule has 0 saturated carbocycles. The summed E-state index contributed by atoms with van der Waals surface area (Å²) in [5.74, 6) is -0.399. The van der Waals surface area contributed by atoms with Crippen LogP contribution in [0.3, 0.4) is 0 Å². The van der Waals surface area contributed by atoms with Crippen LogP contribution in [-0.2, 0) is 14.3 Å². The lowest BCUT2D eigenvalue weighted by Gasteiger charge is -2.44. The second-order valence-corrected chi connectivity index (χ2v) is 7.88. The second kappa shape index (κ2) is 6.44. The summed E-state index contributed by atoms with van der Waals surface area (Å²) in [6.45, 7) is 12.7. The Bertz CT molecular complexity index is 585. The van der Waals surface area contributed by atoms with Crippen molar-refractivity contribution < 1.29 is 19.4 Å². The highest BCUT2D eigenvalue weighted by atomic mass is 16.6. The monoisotopic (exact) mass is 320 g/mol. The summed E-state index contributed by atoms with van der Waals surface area (Å²) < 4.78 is 5.23. The molecule has 4 heteroatoms. The zero-order chi connectivity index (χ0) is 18.1. The van der Waals surface area contributed by atoms with Crippen molar-refractivity contribution in [3.63, 3.8) is 0 Å². The Morgan fingerprint density at radius 1 is 1.35 bits per heavy atom. The number of rotatable bonds is 3. The average Bonchev–Trinajstić information content (AvgIpc) is 2.30. The molecule has 128 valence electrons. The van der Waals surface area contributed by atoms with Crippen molar-refractivity contribution in [2.24, 2.45) is 5.41 Å². The molecule has 1 atom stereocenters. The van der Waals surface area contributed by atoms with Crippen molar-refractivity contribution in [3.8, 4) is 0 Å². The van der Waals surface area contributed by atoms with Crippen LogP contribution in [-0.4, -0.2) is 28.1 Å². The summed E-state index contributed by atoms with van der Waals surface area (Å²) >= 11 is 0. The first-order valence-corrected chi connectivity index (χ1v) is 7.81. The van der Waals surface area contributed by atoms with Gasteiger partial charge in [-0.1, -0.05) is 19.9 Å². The van der Waals surface area contributed by atoms with Gasteiger partial charge in [-0.15, -0.1) is 0 Å². The molecule has 0 heterocycles. The predicted molar refractivity (Wildman–Crippen MR) is 90.9 cm³/mol. The van der Waals surface area contributed by atoms with Gasteiger partial charge in [0, 0.05) is 17.9 Å². The van der Waals surface area contributed by atoms with Gasteiger partial charge < -0.3 is 9.84 Å². The first kappa shape index (κ1) is 19.4. The van der Waals surface area contributed by atoms with Crippen LogP contribution in [0.2, 0.25) is 0 Å². The fourth-order valence-corrected chi connectivity index (χ4v) is 2.68. The van der Waals surface area contributed by atoms with Crippen LogP contribution >= 0.6 is 0 Å². The summed E-state index contributed by atoms with van der Waals surface area (Å²) in [5, 5.41) is 11.0. The Labute approximate surface area is 138 Å².